The molecule has 0 amide bonds. The Bertz CT molecular complexity index is 275. The Kier molecular flexibility index (Phi) is 4.86. The van der Waals surface area contributed by atoms with Gasteiger partial charge in [-0.25, -0.2) is 0 Å². The van der Waals surface area contributed by atoms with Crippen LogP contribution in [0.4, 0.5) is 0 Å². The van der Waals surface area contributed by atoms with E-state index in [0.717, 1.165) is 25.7 Å². The molecule has 100 valence electrons. The van der Waals surface area contributed by atoms with Crippen LogP contribution < -0.4 is 5.73 Å². The first-order valence-electron chi connectivity index (χ1n) is 6.12. The molecule has 1 atom stereocenters. The topological polar surface area (TPSA) is 83.5 Å². The number of hydrogen-bond donors (Lipinski definition) is 3. The van der Waals surface area contributed by atoms with Crippen LogP contribution in [0.3, 0.4) is 0 Å². The van der Waals surface area contributed by atoms with Crippen molar-refractivity contribution in [1.82, 2.24) is 0 Å². The fraction of sp³-hybridized carbons (Fsp3) is 0.917. The number of rotatable bonds is 5. The largest absolute Gasteiger partial charge is 0.480 e. The lowest BCUT2D eigenvalue weighted by molar-refractivity contribution is -0.139. The van der Waals surface area contributed by atoms with Crippen molar-refractivity contribution >= 4 is 17.7 Å². The van der Waals surface area contributed by atoms with Gasteiger partial charge < -0.3 is 15.9 Å². The number of aliphatic hydroxyl groups is 1. The highest BCUT2D eigenvalue weighted by Crippen LogP contribution is 2.36. The highest BCUT2D eigenvalue weighted by atomic mass is 32.2. The average molecular weight is 261 g/mol. The standard InChI is InChI=1S/C12H23NO3S/c1-11(2,9(13)10(14)15)17-8-12(16)6-4-3-5-7-12/h9,16H,3-8,13H2,1-2H3,(H,14,15)/t9-/m0/s1. The highest BCUT2D eigenvalue weighted by Gasteiger charge is 2.37. The summed E-state index contributed by atoms with van der Waals surface area (Å²) in [6.45, 7) is 3.64. The number of aliphatic carboxylic acids is 1. The Hall–Kier alpha value is -0.260. The van der Waals surface area contributed by atoms with E-state index in [-0.39, 0.29) is 0 Å². The van der Waals surface area contributed by atoms with Gasteiger partial charge in [0.15, 0.2) is 0 Å². The van der Waals surface area contributed by atoms with E-state index in [1.54, 1.807) is 0 Å². The third-order valence-corrected chi connectivity index (χ3v) is 5.19. The average Bonchev–Trinajstić information content (AvgIpc) is 2.27. The molecule has 0 heterocycles. The molecular weight excluding hydrogens is 238 g/mol. The van der Waals surface area contributed by atoms with Gasteiger partial charge in [0.05, 0.1) is 5.60 Å². The summed E-state index contributed by atoms with van der Waals surface area (Å²) in [7, 11) is 0. The third kappa shape index (κ3) is 4.16. The molecule has 4 nitrogen and oxygen atoms in total. The first-order chi connectivity index (χ1) is 7.77. The van der Waals surface area contributed by atoms with Gasteiger partial charge in [-0.05, 0) is 26.7 Å². The second-order valence-corrected chi connectivity index (χ2v) is 7.12. The van der Waals surface area contributed by atoms with Crippen molar-refractivity contribution < 1.29 is 15.0 Å². The van der Waals surface area contributed by atoms with Gasteiger partial charge in [0.2, 0.25) is 0 Å². The molecule has 1 saturated carbocycles. The van der Waals surface area contributed by atoms with E-state index in [1.165, 1.54) is 18.2 Å². The van der Waals surface area contributed by atoms with E-state index in [1.807, 2.05) is 13.8 Å². The smallest absolute Gasteiger partial charge is 0.321 e. The maximum absolute atomic E-state index is 10.9. The van der Waals surface area contributed by atoms with Gasteiger partial charge in [0, 0.05) is 10.5 Å². The van der Waals surface area contributed by atoms with Crippen molar-refractivity contribution in [2.24, 2.45) is 5.73 Å². The van der Waals surface area contributed by atoms with E-state index in [9.17, 15) is 9.90 Å². The Balaban J connectivity index is 2.50. The summed E-state index contributed by atoms with van der Waals surface area (Å²) < 4.78 is -0.557. The Morgan fingerprint density at radius 2 is 1.94 bits per heavy atom. The molecule has 0 aromatic heterocycles. The summed E-state index contributed by atoms with van der Waals surface area (Å²) in [5.41, 5.74) is 5.02. The molecule has 4 N–H and O–H groups in total. The van der Waals surface area contributed by atoms with Gasteiger partial charge in [0.1, 0.15) is 6.04 Å². The molecule has 0 bridgehead atoms. The number of thioether (sulfide) groups is 1. The van der Waals surface area contributed by atoms with E-state index >= 15 is 0 Å². The second-order valence-electron chi connectivity index (χ2n) is 5.49. The molecule has 5 heteroatoms. The van der Waals surface area contributed by atoms with Crippen LogP contribution in [0.15, 0.2) is 0 Å². The third-order valence-electron chi connectivity index (χ3n) is 3.51. The Morgan fingerprint density at radius 3 is 2.41 bits per heavy atom. The zero-order chi connectivity index (χ0) is 13.1. The number of carboxylic acid groups (broad SMARTS) is 1. The maximum atomic E-state index is 10.9. The van der Waals surface area contributed by atoms with Gasteiger partial charge in [-0.1, -0.05) is 19.3 Å². The zero-order valence-electron chi connectivity index (χ0n) is 10.6. The summed E-state index contributed by atoms with van der Waals surface area (Å²) in [5.74, 6) is -0.417. The van der Waals surface area contributed by atoms with Crippen molar-refractivity contribution in [2.45, 2.75) is 62.3 Å². The SMILES string of the molecule is CC(C)(SCC1(O)CCCCC1)[C@@H](N)C(=O)O. The van der Waals surface area contributed by atoms with Crippen molar-refractivity contribution in [3.63, 3.8) is 0 Å². The molecule has 0 spiro atoms. The van der Waals surface area contributed by atoms with Gasteiger partial charge in [-0.3, -0.25) is 4.79 Å². The fourth-order valence-corrected chi connectivity index (χ4v) is 3.27. The van der Waals surface area contributed by atoms with Crippen LogP contribution in [-0.4, -0.2) is 38.3 Å². The van der Waals surface area contributed by atoms with Crippen LogP contribution in [0.25, 0.3) is 0 Å². The monoisotopic (exact) mass is 261 g/mol. The maximum Gasteiger partial charge on any atom is 0.321 e. The first kappa shape index (κ1) is 14.8. The minimum absolute atomic E-state index is 0.557. The second kappa shape index (κ2) is 5.59. The lowest BCUT2D eigenvalue weighted by Crippen LogP contribution is -2.48. The lowest BCUT2D eigenvalue weighted by Gasteiger charge is -2.36. The van der Waals surface area contributed by atoms with E-state index in [4.69, 9.17) is 10.8 Å². The molecule has 1 aliphatic rings. The molecule has 0 saturated heterocycles. The summed E-state index contributed by atoms with van der Waals surface area (Å²) >= 11 is 1.46. The summed E-state index contributed by atoms with van der Waals surface area (Å²) in [5, 5.41) is 19.3. The molecule has 1 aliphatic carbocycles. The Labute approximate surface area is 107 Å². The van der Waals surface area contributed by atoms with Crippen molar-refractivity contribution in [1.29, 1.82) is 0 Å². The Morgan fingerprint density at radius 1 is 1.41 bits per heavy atom. The van der Waals surface area contributed by atoms with Crippen LogP contribution in [0.2, 0.25) is 0 Å². The van der Waals surface area contributed by atoms with Crippen LogP contribution in [0.1, 0.15) is 46.0 Å². The highest BCUT2D eigenvalue weighted by molar-refractivity contribution is 8.00. The van der Waals surface area contributed by atoms with Crippen LogP contribution in [0.5, 0.6) is 0 Å². The number of nitrogens with two attached hydrogens (primary N) is 1. The van der Waals surface area contributed by atoms with Crippen LogP contribution in [-0.2, 0) is 4.79 Å². The first-order valence-corrected chi connectivity index (χ1v) is 7.10. The van der Waals surface area contributed by atoms with Crippen molar-refractivity contribution in [3.8, 4) is 0 Å². The van der Waals surface area contributed by atoms with Crippen molar-refractivity contribution in [2.75, 3.05) is 5.75 Å². The van der Waals surface area contributed by atoms with Gasteiger partial charge >= 0.3 is 5.97 Å². The number of carboxylic acids is 1. The summed E-state index contributed by atoms with van der Waals surface area (Å²) in [6.07, 6.45) is 4.94. The predicted octanol–water partition coefficient (Wildman–Crippen LogP) is 1.61. The molecule has 1 fully saturated rings. The van der Waals surface area contributed by atoms with Crippen LogP contribution in [0, 0.1) is 0 Å². The predicted molar refractivity (Wildman–Crippen MR) is 70.2 cm³/mol. The molecule has 0 unspecified atom stereocenters. The fourth-order valence-electron chi connectivity index (χ4n) is 2.06. The van der Waals surface area contributed by atoms with E-state index in [2.05, 4.69) is 0 Å². The normalized spacial score (nSPS) is 22.1. The molecule has 0 aromatic carbocycles. The molecular formula is C12H23NO3S. The van der Waals surface area contributed by atoms with E-state index < -0.39 is 22.4 Å². The molecule has 0 aliphatic heterocycles. The molecule has 17 heavy (non-hydrogen) atoms. The number of carbonyl (C=O) groups is 1. The molecule has 1 rings (SSSR count). The number of hydrogen-bond acceptors (Lipinski definition) is 4. The molecule has 0 aromatic rings. The lowest BCUT2D eigenvalue weighted by atomic mass is 9.86. The minimum Gasteiger partial charge on any atom is -0.480 e. The van der Waals surface area contributed by atoms with Gasteiger partial charge in [0.25, 0.3) is 0 Å². The minimum atomic E-state index is -0.988. The van der Waals surface area contributed by atoms with E-state index in [0.29, 0.717) is 5.75 Å². The molecule has 0 radical (unpaired) electrons. The summed E-state index contributed by atoms with van der Waals surface area (Å²) in [4.78, 5) is 10.9. The van der Waals surface area contributed by atoms with Gasteiger partial charge in [-0.15, -0.1) is 0 Å². The zero-order valence-corrected chi connectivity index (χ0v) is 11.4. The van der Waals surface area contributed by atoms with Gasteiger partial charge in [-0.2, -0.15) is 11.8 Å². The quantitative estimate of drug-likeness (QED) is 0.700. The summed E-state index contributed by atoms with van der Waals surface area (Å²) in [6, 6.07) is -0.903. The van der Waals surface area contributed by atoms with Crippen molar-refractivity contribution in [3.05, 3.63) is 0 Å². The van der Waals surface area contributed by atoms with Crippen LogP contribution >= 0.6 is 11.8 Å².